The molecule has 3 amide bonds. The van der Waals surface area contributed by atoms with Crippen LogP contribution in [0.25, 0.3) is 0 Å². The second-order valence-corrected chi connectivity index (χ2v) is 5.79. The van der Waals surface area contributed by atoms with Crippen LogP contribution in [0.3, 0.4) is 0 Å². The first-order valence-corrected chi connectivity index (χ1v) is 8.18. The lowest BCUT2D eigenvalue weighted by molar-refractivity contribution is -0.136. The molecule has 1 heterocycles. The zero-order valence-corrected chi connectivity index (χ0v) is 14.3. The summed E-state index contributed by atoms with van der Waals surface area (Å²) in [7, 11) is 0. The Bertz CT molecular complexity index is 624. The molecule has 1 fully saturated rings. The summed E-state index contributed by atoms with van der Waals surface area (Å²) in [6, 6.07) is 8.84. The molecule has 0 aromatic heterocycles. The monoisotopic (exact) mass is 345 g/mol. The van der Waals surface area contributed by atoms with Crippen LogP contribution in [0.4, 0.5) is 4.79 Å². The largest absolute Gasteiger partial charge is 0.445 e. The van der Waals surface area contributed by atoms with Crippen LogP contribution in [-0.2, 0) is 20.9 Å². The number of hydrogen-bond donors (Lipinski definition) is 1. The van der Waals surface area contributed by atoms with Gasteiger partial charge >= 0.3 is 6.09 Å². The lowest BCUT2D eigenvalue weighted by Gasteiger charge is -2.35. The van der Waals surface area contributed by atoms with Crippen molar-refractivity contribution in [2.45, 2.75) is 19.6 Å². The van der Waals surface area contributed by atoms with Gasteiger partial charge in [-0.05, 0) is 18.6 Å². The topological polar surface area (TPSA) is 79.0 Å². The van der Waals surface area contributed by atoms with Gasteiger partial charge in [-0.3, -0.25) is 9.59 Å². The molecule has 1 saturated heterocycles. The molecule has 0 spiro atoms. The van der Waals surface area contributed by atoms with E-state index in [1.807, 2.05) is 30.3 Å². The third-order valence-electron chi connectivity index (χ3n) is 3.97. The van der Waals surface area contributed by atoms with Gasteiger partial charge in [-0.25, -0.2) is 4.79 Å². The Labute approximate surface area is 147 Å². The van der Waals surface area contributed by atoms with Gasteiger partial charge in [0.15, 0.2) is 0 Å². The van der Waals surface area contributed by atoms with Crippen molar-refractivity contribution in [3.05, 3.63) is 48.6 Å². The van der Waals surface area contributed by atoms with Crippen LogP contribution < -0.4 is 5.32 Å². The van der Waals surface area contributed by atoms with Crippen LogP contribution in [-0.4, -0.2) is 59.9 Å². The number of benzene rings is 1. The summed E-state index contributed by atoms with van der Waals surface area (Å²) in [5.74, 6) is -0.559. The van der Waals surface area contributed by atoms with Crippen molar-refractivity contribution in [3.63, 3.8) is 0 Å². The summed E-state index contributed by atoms with van der Waals surface area (Å²) in [4.78, 5) is 38.9. The van der Waals surface area contributed by atoms with Gasteiger partial charge in [0.25, 0.3) is 0 Å². The molecule has 1 aliphatic heterocycles. The Balaban J connectivity index is 1.76. The van der Waals surface area contributed by atoms with Crippen molar-refractivity contribution in [1.29, 1.82) is 0 Å². The van der Waals surface area contributed by atoms with Crippen LogP contribution in [0.15, 0.2) is 43.0 Å². The summed E-state index contributed by atoms with van der Waals surface area (Å²) >= 11 is 0. The van der Waals surface area contributed by atoms with E-state index in [-0.39, 0.29) is 24.5 Å². The lowest BCUT2D eigenvalue weighted by Crippen LogP contribution is -2.55. The van der Waals surface area contributed by atoms with Crippen molar-refractivity contribution in [3.8, 4) is 0 Å². The Morgan fingerprint density at radius 1 is 1.16 bits per heavy atom. The molecule has 7 nitrogen and oxygen atoms in total. The molecular weight excluding hydrogens is 322 g/mol. The second-order valence-electron chi connectivity index (χ2n) is 5.79. The highest BCUT2D eigenvalue weighted by atomic mass is 16.6. The second kappa shape index (κ2) is 8.86. The standard InChI is InChI=1S/C18H23N3O4/c1-3-16(22)19-14(2)17(23)20-9-11-21(12-10-20)18(24)25-13-15-7-5-4-6-8-15/h3-8,14H,1,9-13H2,2H3,(H,19,22). The van der Waals surface area contributed by atoms with E-state index in [1.165, 1.54) is 0 Å². The van der Waals surface area contributed by atoms with Crippen LogP contribution in [0, 0.1) is 0 Å². The number of ether oxygens (including phenoxy) is 1. The molecule has 1 N–H and O–H groups in total. The molecule has 0 aliphatic carbocycles. The predicted molar refractivity (Wildman–Crippen MR) is 92.6 cm³/mol. The Hall–Kier alpha value is -2.83. The molecule has 134 valence electrons. The third-order valence-corrected chi connectivity index (χ3v) is 3.97. The molecule has 0 saturated carbocycles. The first kappa shape index (κ1) is 18.5. The van der Waals surface area contributed by atoms with Gasteiger partial charge in [-0.15, -0.1) is 0 Å². The molecule has 1 aromatic rings. The maximum absolute atomic E-state index is 12.3. The number of carbonyl (C=O) groups is 3. The minimum absolute atomic E-state index is 0.174. The van der Waals surface area contributed by atoms with E-state index in [0.717, 1.165) is 11.6 Å². The molecule has 1 aromatic carbocycles. The molecule has 7 heteroatoms. The number of piperazine rings is 1. The molecular formula is C18H23N3O4. The maximum atomic E-state index is 12.3. The smallest absolute Gasteiger partial charge is 0.410 e. The van der Waals surface area contributed by atoms with Crippen LogP contribution in [0.2, 0.25) is 0 Å². The highest BCUT2D eigenvalue weighted by Crippen LogP contribution is 2.08. The van der Waals surface area contributed by atoms with E-state index in [9.17, 15) is 14.4 Å². The summed E-state index contributed by atoms with van der Waals surface area (Å²) in [5, 5.41) is 2.55. The number of nitrogens with one attached hydrogen (secondary N) is 1. The predicted octanol–water partition coefficient (Wildman–Crippen LogP) is 1.16. The first-order valence-electron chi connectivity index (χ1n) is 8.18. The lowest BCUT2D eigenvalue weighted by atomic mass is 10.2. The van der Waals surface area contributed by atoms with Crippen molar-refractivity contribution in [1.82, 2.24) is 15.1 Å². The number of nitrogens with zero attached hydrogens (tertiary/aromatic N) is 2. The molecule has 1 atom stereocenters. The molecule has 2 rings (SSSR count). The zero-order valence-electron chi connectivity index (χ0n) is 14.3. The highest BCUT2D eigenvalue weighted by Gasteiger charge is 2.27. The average Bonchev–Trinajstić information content (AvgIpc) is 2.66. The quantitative estimate of drug-likeness (QED) is 0.812. The number of rotatable bonds is 5. The normalized spacial score (nSPS) is 15.2. The van der Waals surface area contributed by atoms with Gasteiger partial charge in [-0.2, -0.15) is 0 Å². The molecule has 25 heavy (non-hydrogen) atoms. The molecule has 0 bridgehead atoms. The number of carbonyl (C=O) groups excluding carboxylic acids is 3. The van der Waals surface area contributed by atoms with E-state index in [1.54, 1.807) is 16.7 Å². The average molecular weight is 345 g/mol. The summed E-state index contributed by atoms with van der Waals surface area (Å²) in [5.41, 5.74) is 0.927. The Morgan fingerprint density at radius 2 is 1.76 bits per heavy atom. The fourth-order valence-corrected chi connectivity index (χ4v) is 2.53. The van der Waals surface area contributed by atoms with Crippen molar-refractivity contribution >= 4 is 17.9 Å². The fourth-order valence-electron chi connectivity index (χ4n) is 2.53. The fraction of sp³-hybridized carbons (Fsp3) is 0.389. The minimum atomic E-state index is -0.623. The summed E-state index contributed by atoms with van der Waals surface area (Å²) in [6.07, 6.45) is 0.744. The highest BCUT2D eigenvalue weighted by molar-refractivity contribution is 5.92. The van der Waals surface area contributed by atoms with Crippen molar-refractivity contribution in [2.24, 2.45) is 0 Å². The molecule has 0 radical (unpaired) electrons. The maximum Gasteiger partial charge on any atom is 0.410 e. The summed E-state index contributed by atoms with van der Waals surface area (Å²) in [6.45, 7) is 6.84. The van der Waals surface area contributed by atoms with E-state index in [0.29, 0.717) is 26.2 Å². The Kier molecular flexibility index (Phi) is 6.56. The summed E-state index contributed by atoms with van der Waals surface area (Å²) < 4.78 is 5.29. The van der Waals surface area contributed by atoms with E-state index in [2.05, 4.69) is 11.9 Å². The van der Waals surface area contributed by atoms with Crippen molar-refractivity contribution in [2.75, 3.05) is 26.2 Å². The first-order chi connectivity index (χ1) is 12.0. The van der Waals surface area contributed by atoms with Gasteiger partial charge in [-0.1, -0.05) is 36.9 Å². The van der Waals surface area contributed by atoms with E-state index in [4.69, 9.17) is 4.74 Å². The van der Waals surface area contributed by atoms with Gasteiger partial charge in [0.2, 0.25) is 11.8 Å². The van der Waals surface area contributed by atoms with Crippen LogP contribution in [0.1, 0.15) is 12.5 Å². The number of amides is 3. The van der Waals surface area contributed by atoms with Gasteiger partial charge < -0.3 is 19.9 Å². The van der Waals surface area contributed by atoms with Crippen LogP contribution in [0.5, 0.6) is 0 Å². The Morgan fingerprint density at radius 3 is 2.36 bits per heavy atom. The van der Waals surface area contributed by atoms with E-state index < -0.39 is 6.04 Å². The van der Waals surface area contributed by atoms with Gasteiger partial charge in [0, 0.05) is 26.2 Å². The minimum Gasteiger partial charge on any atom is -0.445 e. The third kappa shape index (κ3) is 5.34. The van der Waals surface area contributed by atoms with E-state index >= 15 is 0 Å². The van der Waals surface area contributed by atoms with Crippen molar-refractivity contribution < 1.29 is 19.1 Å². The zero-order chi connectivity index (χ0) is 18.2. The van der Waals surface area contributed by atoms with Gasteiger partial charge in [0.05, 0.1) is 0 Å². The molecule has 1 unspecified atom stereocenters. The number of hydrogen-bond acceptors (Lipinski definition) is 4. The SMILES string of the molecule is C=CC(=O)NC(C)C(=O)N1CCN(C(=O)OCc2ccccc2)CC1. The van der Waals surface area contributed by atoms with Gasteiger partial charge in [0.1, 0.15) is 12.6 Å². The molecule has 1 aliphatic rings. The van der Waals surface area contributed by atoms with Crippen LogP contribution >= 0.6 is 0 Å².